The number of nitrogens with two attached hydrogens (primary N) is 1. The Kier molecular flexibility index (Phi) is 3.75. The maximum absolute atomic E-state index is 12.6. The molecule has 1 fully saturated rings. The summed E-state index contributed by atoms with van der Waals surface area (Å²) in [4.78, 5) is 22.7. The number of nitro benzene ring substituents is 1. The Bertz CT molecular complexity index is 589. The smallest absolute Gasteiger partial charge is 0.369 e. The summed E-state index contributed by atoms with van der Waals surface area (Å²) in [5.41, 5.74) is 3.53. The highest BCUT2D eigenvalue weighted by Crippen LogP contribution is 2.37. The van der Waals surface area contributed by atoms with E-state index in [1.807, 2.05) is 0 Å². The molecule has 0 saturated carbocycles. The molecule has 9 heteroatoms. The molecule has 1 heterocycles. The summed E-state index contributed by atoms with van der Waals surface area (Å²) in [6.07, 6.45) is -4.22. The molecule has 0 aliphatic carbocycles. The highest BCUT2D eigenvalue weighted by molar-refractivity contribution is 5.78. The maximum atomic E-state index is 12.6. The monoisotopic (exact) mass is 303 g/mol. The Hall–Kier alpha value is -2.32. The number of alkyl halides is 3. The molecule has 1 saturated heterocycles. The molecule has 114 valence electrons. The Morgan fingerprint density at radius 3 is 2.57 bits per heavy atom. The summed E-state index contributed by atoms with van der Waals surface area (Å²) in [7, 11) is 0. The summed E-state index contributed by atoms with van der Waals surface area (Å²) in [5, 5.41) is 11.0. The number of hydrogen-bond donors (Lipinski definition) is 1. The van der Waals surface area contributed by atoms with Crippen LogP contribution in [-0.2, 0) is 11.0 Å². The number of benzene rings is 1. The summed E-state index contributed by atoms with van der Waals surface area (Å²) in [6.45, 7) is 0.501. The van der Waals surface area contributed by atoms with Gasteiger partial charge in [-0.2, -0.15) is 13.2 Å². The van der Waals surface area contributed by atoms with Gasteiger partial charge in [-0.3, -0.25) is 14.9 Å². The van der Waals surface area contributed by atoms with E-state index in [1.54, 1.807) is 0 Å². The van der Waals surface area contributed by atoms with Crippen molar-refractivity contribution in [3.8, 4) is 0 Å². The Labute approximate surface area is 117 Å². The predicted molar refractivity (Wildman–Crippen MR) is 67.6 cm³/mol. The van der Waals surface area contributed by atoms with Crippen LogP contribution in [0.4, 0.5) is 24.5 Å². The number of nitrogens with zero attached hydrogens (tertiary/aromatic N) is 2. The lowest BCUT2D eigenvalue weighted by Gasteiger charge is -2.19. The van der Waals surface area contributed by atoms with Crippen molar-refractivity contribution in [2.24, 2.45) is 11.7 Å². The van der Waals surface area contributed by atoms with Gasteiger partial charge in [0.15, 0.2) is 0 Å². The van der Waals surface area contributed by atoms with Crippen LogP contribution in [0, 0.1) is 16.0 Å². The van der Waals surface area contributed by atoms with E-state index >= 15 is 0 Å². The molecule has 1 aromatic rings. The average Bonchev–Trinajstić information content (AvgIpc) is 2.86. The number of amides is 1. The standard InChI is InChI=1S/C12H12F3N3O3/c13-12(14,15)8-1-2-9(10(5-8)18(20)21)17-4-3-7(6-17)11(16)19/h1-2,5,7H,3-4,6H2,(H2,16,19). The zero-order valence-electron chi connectivity index (χ0n) is 10.8. The minimum atomic E-state index is -4.65. The van der Waals surface area contributed by atoms with Crippen LogP contribution in [0.1, 0.15) is 12.0 Å². The van der Waals surface area contributed by atoms with Crippen molar-refractivity contribution in [2.45, 2.75) is 12.6 Å². The molecule has 21 heavy (non-hydrogen) atoms. The van der Waals surface area contributed by atoms with E-state index in [4.69, 9.17) is 5.73 Å². The van der Waals surface area contributed by atoms with Gasteiger partial charge in [0.1, 0.15) is 5.69 Å². The molecule has 1 amide bonds. The summed E-state index contributed by atoms with van der Waals surface area (Å²) < 4.78 is 37.8. The van der Waals surface area contributed by atoms with Gasteiger partial charge in [-0.15, -0.1) is 0 Å². The van der Waals surface area contributed by atoms with Crippen LogP contribution in [0.25, 0.3) is 0 Å². The quantitative estimate of drug-likeness (QED) is 0.682. The molecular formula is C12H12F3N3O3. The van der Waals surface area contributed by atoms with Crippen molar-refractivity contribution in [1.82, 2.24) is 0 Å². The van der Waals surface area contributed by atoms with Crippen molar-refractivity contribution in [3.05, 3.63) is 33.9 Å². The van der Waals surface area contributed by atoms with Gasteiger partial charge in [-0.25, -0.2) is 0 Å². The van der Waals surface area contributed by atoms with Crippen molar-refractivity contribution >= 4 is 17.3 Å². The average molecular weight is 303 g/mol. The first-order chi connectivity index (χ1) is 9.70. The Morgan fingerprint density at radius 1 is 1.43 bits per heavy atom. The lowest BCUT2D eigenvalue weighted by Crippen LogP contribution is -2.27. The topological polar surface area (TPSA) is 89.5 Å². The summed E-state index contributed by atoms with van der Waals surface area (Å²) in [5.74, 6) is -0.973. The van der Waals surface area contributed by atoms with Gasteiger partial charge < -0.3 is 10.6 Å². The molecule has 1 atom stereocenters. The minimum Gasteiger partial charge on any atom is -0.369 e. The van der Waals surface area contributed by atoms with Gasteiger partial charge >= 0.3 is 6.18 Å². The van der Waals surface area contributed by atoms with Gasteiger partial charge in [0.05, 0.1) is 16.4 Å². The maximum Gasteiger partial charge on any atom is 0.416 e. The third kappa shape index (κ3) is 3.06. The van der Waals surface area contributed by atoms with Gasteiger partial charge in [0.2, 0.25) is 5.91 Å². The SMILES string of the molecule is NC(=O)C1CCN(c2ccc(C(F)(F)F)cc2[N+](=O)[O-])C1. The summed E-state index contributed by atoms with van der Waals surface area (Å²) >= 11 is 0. The van der Waals surface area contributed by atoms with Crippen molar-refractivity contribution in [3.63, 3.8) is 0 Å². The highest BCUT2D eigenvalue weighted by atomic mass is 19.4. The third-order valence-electron chi connectivity index (χ3n) is 3.43. The molecule has 1 unspecified atom stereocenters. The molecule has 1 aromatic carbocycles. The van der Waals surface area contributed by atoms with E-state index in [1.165, 1.54) is 4.90 Å². The Morgan fingerprint density at radius 2 is 2.10 bits per heavy atom. The molecule has 0 spiro atoms. The number of primary amides is 1. The molecule has 1 aliphatic heterocycles. The Balaban J connectivity index is 2.36. The number of hydrogen-bond acceptors (Lipinski definition) is 4. The molecule has 0 radical (unpaired) electrons. The lowest BCUT2D eigenvalue weighted by molar-refractivity contribution is -0.384. The number of carbonyl (C=O) groups is 1. The van der Waals surface area contributed by atoms with Gasteiger partial charge in [-0.1, -0.05) is 0 Å². The number of halogens is 3. The van der Waals surface area contributed by atoms with Crippen molar-refractivity contribution in [2.75, 3.05) is 18.0 Å². The second-order valence-corrected chi connectivity index (χ2v) is 4.79. The molecular weight excluding hydrogens is 291 g/mol. The predicted octanol–water partition coefficient (Wildman–Crippen LogP) is 1.93. The molecule has 6 nitrogen and oxygen atoms in total. The van der Waals surface area contributed by atoms with E-state index in [0.717, 1.165) is 12.1 Å². The van der Waals surface area contributed by atoms with Crippen LogP contribution in [0.2, 0.25) is 0 Å². The van der Waals surface area contributed by atoms with Crippen LogP contribution in [0.5, 0.6) is 0 Å². The van der Waals surface area contributed by atoms with Crippen molar-refractivity contribution in [1.29, 1.82) is 0 Å². The fraction of sp³-hybridized carbons (Fsp3) is 0.417. The van der Waals surface area contributed by atoms with Gasteiger partial charge in [-0.05, 0) is 18.6 Å². The summed E-state index contributed by atoms with van der Waals surface area (Å²) in [6, 6.07) is 2.36. The lowest BCUT2D eigenvalue weighted by atomic mass is 10.1. The zero-order chi connectivity index (χ0) is 15.8. The minimum absolute atomic E-state index is 0.0664. The van der Waals surface area contributed by atoms with E-state index < -0.39 is 34.2 Å². The van der Waals surface area contributed by atoms with Crippen LogP contribution in [0.15, 0.2) is 18.2 Å². The second-order valence-electron chi connectivity index (χ2n) is 4.79. The van der Waals surface area contributed by atoms with E-state index in [0.29, 0.717) is 19.0 Å². The molecule has 0 aromatic heterocycles. The van der Waals surface area contributed by atoms with Crippen LogP contribution in [0.3, 0.4) is 0 Å². The second kappa shape index (κ2) is 5.23. The zero-order valence-corrected chi connectivity index (χ0v) is 10.8. The normalized spacial score (nSPS) is 18.8. The van der Waals surface area contributed by atoms with Crippen LogP contribution < -0.4 is 10.6 Å². The fourth-order valence-corrected chi connectivity index (χ4v) is 2.32. The first-order valence-electron chi connectivity index (χ1n) is 6.10. The van der Waals surface area contributed by atoms with Crippen LogP contribution >= 0.6 is 0 Å². The van der Waals surface area contributed by atoms with E-state index in [-0.39, 0.29) is 12.2 Å². The van der Waals surface area contributed by atoms with Gasteiger partial charge in [0.25, 0.3) is 5.69 Å². The van der Waals surface area contributed by atoms with Crippen molar-refractivity contribution < 1.29 is 22.9 Å². The van der Waals surface area contributed by atoms with E-state index in [9.17, 15) is 28.1 Å². The first kappa shape index (κ1) is 15.1. The largest absolute Gasteiger partial charge is 0.416 e. The third-order valence-corrected chi connectivity index (χ3v) is 3.43. The number of anilines is 1. The molecule has 2 N–H and O–H groups in total. The first-order valence-corrected chi connectivity index (χ1v) is 6.10. The van der Waals surface area contributed by atoms with E-state index in [2.05, 4.69) is 0 Å². The molecule has 2 rings (SSSR count). The molecule has 0 bridgehead atoms. The van der Waals surface area contributed by atoms with Crippen LogP contribution in [-0.4, -0.2) is 23.9 Å². The number of nitro groups is 1. The fourth-order valence-electron chi connectivity index (χ4n) is 2.32. The number of rotatable bonds is 3. The molecule has 1 aliphatic rings. The number of carbonyl (C=O) groups excluding carboxylic acids is 1. The highest BCUT2D eigenvalue weighted by Gasteiger charge is 2.35. The van der Waals surface area contributed by atoms with Gasteiger partial charge in [0, 0.05) is 19.2 Å².